The molecule has 0 saturated carbocycles. The van der Waals surface area contributed by atoms with Gasteiger partial charge in [-0.1, -0.05) is 19.1 Å². The van der Waals surface area contributed by atoms with Gasteiger partial charge in [-0.3, -0.25) is 10.1 Å². The summed E-state index contributed by atoms with van der Waals surface area (Å²) in [6.45, 7) is 2.05. The van der Waals surface area contributed by atoms with Crippen LogP contribution in [0.1, 0.15) is 18.2 Å². The van der Waals surface area contributed by atoms with E-state index >= 15 is 0 Å². The Morgan fingerprint density at radius 1 is 1.40 bits per heavy atom. The molecule has 0 saturated heterocycles. The first-order valence-electron chi connectivity index (χ1n) is 6.05. The van der Waals surface area contributed by atoms with Gasteiger partial charge in [-0.05, 0) is 30.2 Å². The molecule has 0 aliphatic rings. The van der Waals surface area contributed by atoms with Crippen molar-refractivity contribution in [1.29, 1.82) is 5.26 Å². The Balaban J connectivity index is 2.30. The second-order valence-corrected chi connectivity index (χ2v) is 4.11. The fourth-order valence-corrected chi connectivity index (χ4v) is 1.77. The summed E-state index contributed by atoms with van der Waals surface area (Å²) in [5.41, 5.74) is 1.50. The van der Waals surface area contributed by atoms with E-state index in [0.29, 0.717) is 5.82 Å². The van der Waals surface area contributed by atoms with Gasteiger partial charge in [0.25, 0.3) is 0 Å². The molecule has 0 bridgehead atoms. The molecule has 100 valence electrons. The molecule has 1 aromatic heterocycles. The van der Waals surface area contributed by atoms with Gasteiger partial charge in [0.1, 0.15) is 11.9 Å². The zero-order chi connectivity index (χ0) is 14.5. The minimum absolute atomic E-state index is 0.202. The lowest BCUT2D eigenvalue weighted by Crippen LogP contribution is -1.99. The molecular weight excluding hydrogens is 256 g/mol. The summed E-state index contributed by atoms with van der Waals surface area (Å²) in [5, 5.41) is 22.7. The molecule has 0 aliphatic heterocycles. The van der Waals surface area contributed by atoms with Crippen molar-refractivity contribution in [2.45, 2.75) is 13.3 Å². The van der Waals surface area contributed by atoms with Crippen LogP contribution < -0.4 is 5.32 Å². The van der Waals surface area contributed by atoms with E-state index in [-0.39, 0.29) is 11.4 Å². The van der Waals surface area contributed by atoms with Crippen LogP contribution >= 0.6 is 0 Å². The van der Waals surface area contributed by atoms with Gasteiger partial charge < -0.3 is 5.32 Å². The molecule has 0 spiro atoms. The predicted octanol–water partition coefficient (Wildman–Crippen LogP) is 3.17. The molecule has 2 aromatic rings. The first kappa shape index (κ1) is 13.5. The van der Waals surface area contributed by atoms with Gasteiger partial charge in [-0.25, -0.2) is 4.98 Å². The lowest BCUT2D eigenvalue weighted by Gasteiger charge is -2.07. The Bertz CT molecular complexity index is 692. The van der Waals surface area contributed by atoms with Crippen LogP contribution in [0.25, 0.3) is 0 Å². The molecule has 20 heavy (non-hydrogen) atoms. The van der Waals surface area contributed by atoms with Crippen LogP contribution in [0.3, 0.4) is 0 Å². The number of nitrogens with one attached hydrogen (secondary N) is 1. The minimum atomic E-state index is -0.618. The van der Waals surface area contributed by atoms with E-state index in [9.17, 15) is 10.1 Å². The van der Waals surface area contributed by atoms with Gasteiger partial charge in [0, 0.05) is 11.8 Å². The average molecular weight is 268 g/mol. The fraction of sp³-hybridized carbons (Fsp3) is 0.143. The minimum Gasteiger partial charge on any atom is -0.340 e. The summed E-state index contributed by atoms with van der Waals surface area (Å²) < 4.78 is 0. The maximum Gasteiger partial charge on any atom is 0.305 e. The normalized spacial score (nSPS) is 9.80. The van der Waals surface area contributed by atoms with Gasteiger partial charge in [-0.15, -0.1) is 0 Å². The molecule has 2 rings (SSSR count). The molecule has 0 radical (unpaired) electrons. The van der Waals surface area contributed by atoms with Gasteiger partial charge in [0.2, 0.25) is 5.69 Å². The molecule has 0 aliphatic carbocycles. The van der Waals surface area contributed by atoms with E-state index in [1.165, 1.54) is 12.1 Å². The van der Waals surface area contributed by atoms with Crippen molar-refractivity contribution in [2.75, 3.05) is 5.32 Å². The average Bonchev–Trinajstić information content (AvgIpc) is 2.47. The van der Waals surface area contributed by atoms with Crippen molar-refractivity contribution in [2.24, 2.45) is 0 Å². The van der Waals surface area contributed by atoms with Crippen LogP contribution in [0.2, 0.25) is 0 Å². The second kappa shape index (κ2) is 5.80. The summed E-state index contributed by atoms with van der Waals surface area (Å²) in [6.07, 6.45) is 0.909. The highest BCUT2D eigenvalue weighted by molar-refractivity contribution is 5.60. The molecule has 1 N–H and O–H groups in total. The highest BCUT2D eigenvalue weighted by atomic mass is 16.6. The number of nitrogens with zero attached hydrogens (tertiary/aromatic N) is 3. The van der Waals surface area contributed by atoms with Crippen LogP contribution in [0, 0.1) is 21.4 Å². The largest absolute Gasteiger partial charge is 0.340 e. The monoisotopic (exact) mass is 268 g/mol. The summed E-state index contributed by atoms with van der Waals surface area (Å²) >= 11 is 0. The number of hydrogen-bond acceptors (Lipinski definition) is 5. The molecule has 1 aromatic carbocycles. The number of hydrogen-bond donors (Lipinski definition) is 1. The second-order valence-electron chi connectivity index (χ2n) is 4.11. The van der Waals surface area contributed by atoms with E-state index in [2.05, 4.69) is 17.2 Å². The molecule has 0 amide bonds. The Kier molecular flexibility index (Phi) is 3.91. The SMILES string of the molecule is CCc1cccc(Nc2ccc([N+](=O)[O-])c(C#N)n2)c1. The van der Waals surface area contributed by atoms with Crippen LogP contribution in [-0.2, 0) is 6.42 Å². The van der Waals surface area contributed by atoms with Crippen molar-refractivity contribution in [1.82, 2.24) is 4.98 Å². The number of aryl methyl sites for hydroxylation is 1. The van der Waals surface area contributed by atoms with Gasteiger partial charge in [0.15, 0.2) is 0 Å². The zero-order valence-electron chi connectivity index (χ0n) is 10.8. The quantitative estimate of drug-likeness (QED) is 0.679. The summed E-state index contributed by atoms with van der Waals surface area (Å²) in [7, 11) is 0. The van der Waals surface area contributed by atoms with Crippen molar-refractivity contribution in [3.8, 4) is 6.07 Å². The fourth-order valence-electron chi connectivity index (χ4n) is 1.77. The molecule has 1 heterocycles. The van der Waals surface area contributed by atoms with Crippen LogP contribution in [0.5, 0.6) is 0 Å². The highest BCUT2D eigenvalue weighted by Gasteiger charge is 2.15. The summed E-state index contributed by atoms with van der Waals surface area (Å²) in [4.78, 5) is 14.1. The standard InChI is InChI=1S/C14H12N4O2/c1-2-10-4-3-5-11(8-10)16-14-7-6-13(18(19)20)12(9-15)17-14/h3-8H,2H2,1H3,(H,16,17). The lowest BCUT2D eigenvalue weighted by atomic mass is 10.1. The maximum absolute atomic E-state index is 10.7. The predicted molar refractivity (Wildman–Crippen MR) is 74.7 cm³/mol. The van der Waals surface area contributed by atoms with Crippen LogP contribution in [0.4, 0.5) is 17.2 Å². The summed E-state index contributed by atoms with van der Waals surface area (Å²) in [5.74, 6) is 0.403. The maximum atomic E-state index is 10.7. The Morgan fingerprint density at radius 3 is 2.85 bits per heavy atom. The number of nitriles is 1. The smallest absolute Gasteiger partial charge is 0.305 e. The number of aromatic nitrogens is 1. The Hall–Kier alpha value is -2.94. The molecule has 6 nitrogen and oxygen atoms in total. The van der Waals surface area contributed by atoms with E-state index in [4.69, 9.17) is 5.26 Å². The van der Waals surface area contributed by atoms with Crippen LogP contribution in [0.15, 0.2) is 36.4 Å². The van der Waals surface area contributed by atoms with Crippen molar-refractivity contribution < 1.29 is 4.92 Å². The number of anilines is 2. The van der Waals surface area contributed by atoms with Crippen LogP contribution in [-0.4, -0.2) is 9.91 Å². The first-order chi connectivity index (χ1) is 9.63. The zero-order valence-corrected chi connectivity index (χ0v) is 10.8. The topological polar surface area (TPSA) is 91.9 Å². The summed E-state index contributed by atoms with van der Waals surface area (Å²) in [6, 6.07) is 12.3. The molecule has 0 unspecified atom stereocenters. The van der Waals surface area contributed by atoms with Gasteiger partial charge in [-0.2, -0.15) is 5.26 Å². The van der Waals surface area contributed by atoms with E-state index < -0.39 is 4.92 Å². The molecule has 0 atom stereocenters. The third-order valence-electron chi connectivity index (χ3n) is 2.78. The number of benzene rings is 1. The third kappa shape index (κ3) is 2.90. The number of pyridine rings is 1. The van der Waals surface area contributed by atoms with E-state index in [0.717, 1.165) is 17.7 Å². The number of rotatable bonds is 4. The van der Waals surface area contributed by atoms with E-state index in [1.807, 2.05) is 24.3 Å². The Morgan fingerprint density at radius 2 is 2.20 bits per heavy atom. The third-order valence-corrected chi connectivity index (χ3v) is 2.78. The molecule has 6 heteroatoms. The van der Waals surface area contributed by atoms with Gasteiger partial charge >= 0.3 is 5.69 Å². The first-order valence-corrected chi connectivity index (χ1v) is 6.05. The lowest BCUT2D eigenvalue weighted by molar-refractivity contribution is -0.385. The van der Waals surface area contributed by atoms with Gasteiger partial charge in [0.05, 0.1) is 4.92 Å². The Labute approximate surface area is 115 Å². The molecular formula is C14H12N4O2. The van der Waals surface area contributed by atoms with E-state index in [1.54, 1.807) is 6.07 Å². The highest BCUT2D eigenvalue weighted by Crippen LogP contribution is 2.21. The van der Waals surface area contributed by atoms with Crippen molar-refractivity contribution in [3.63, 3.8) is 0 Å². The molecule has 0 fully saturated rings. The van der Waals surface area contributed by atoms with Crippen molar-refractivity contribution >= 4 is 17.2 Å². The number of nitro groups is 1. The van der Waals surface area contributed by atoms with Crippen molar-refractivity contribution in [3.05, 3.63) is 57.8 Å².